The number of thiocarbonyl (C=S) groups is 1. The van der Waals surface area contributed by atoms with Crippen LogP contribution in [0.15, 0.2) is 53.6 Å². The van der Waals surface area contributed by atoms with Gasteiger partial charge in [0.1, 0.15) is 0 Å². The van der Waals surface area contributed by atoms with Gasteiger partial charge in [-0.15, -0.1) is 0 Å². The van der Waals surface area contributed by atoms with Gasteiger partial charge in [-0.05, 0) is 55.9 Å². The molecule has 5 nitrogen and oxygen atoms in total. The summed E-state index contributed by atoms with van der Waals surface area (Å²) < 4.78 is 4.66. The molecule has 2 aromatic rings. The summed E-state index contributed by atoms with van der Waals surface area (Å²) in [5, 5.41) is 7.64. The standard InChI is InChI=1S/C18H19N3O2S/c1-12-4-6-14(7-5-12)13(2)20-21-18(24)19-16-10-8-15(9-11-16)17(22)23-3/h4-11H,1-3H3,(H2,19,21,24)/b20-13+. The minimum atomic E-state index is -0.374. The van der Waals surface area contributed by atoms with Gasteiger partial charge in [0.25, 0.3) is 0 Å². The average Bonchev–Trinajstić information content (AvgIpc) is 2.60. The summed E-state index contributed by atoms with van der Waals surface area (Å²) in [6.45, 7) is 3.95. The highest BCUT2D eigenvalue weighted by atomic mass is 32.1. The molecular weight excluding hydrogens is 322 g/mol. The summed E-state index contributed by atoms with van der Waals surface area (Å²) in [6, 6.07) is 14.9. The number of nitrogens with zero attached hydrogens (tertiary/aromatic N) is 1. The van der Waals surface area contributed by atoms with Crippen molar-refractivity contribution in [2.24, 2.45) is 5.10 Å². The number of aryl methyl sites for hydroxylation is 1. The van der Waals surface area contributed by atoms with Crippen molar-refractivity contribution in [2.75, 3.05) is 12.4 Å². The Morgan fingerprint density at radius 3 is 2.21 bits per heavy atom. The first-order chi connectivity index (χ1) is 11.5. The number of hydrogen-bond donors (Lipinski definition) is 2. The Hall–Kier alpha value is -2.73. The second kappa shape index (κ2) is 8.21. The largest absolute Gasteiger partial charge is 0.465 e. The van der Waals surface area contributed by atoms with Crippen molar-refractivity contribution in [1.29, 1.82) is 0 Å². The fourth-order valence-electron chi connectivity index (χ4n) is 1.96. The number of anilines is 1. The molecule has 0 saturated carbocycles. The zero-order valence-electron chi connectivity index (χ0n) is 13.8. The zero-order valence-corrected chi connectivity index (χ0v) is 14.6. The quantitative estimate of drug-likeness (QED) is 0.386. The Balaban J connectivity index is 1.94. The van der Waals surface area contributed by atoms with E-state index in [0.29, 0.717) is 10.7 Å². The summed E-state index contributed by atoms with van der Waals surface area (Å²) in [7, 11) is 1.35. The first kappa shape index (κ1) is 17.6. The van der Waals surface area contributed by atoms with Crippen molar-refractivity contribution in [3.63, 3.8) is 0 Å². The summed E-state index contributed by atoms with van der Waals surface area (Å²) in [5.41, 5.74) is 7.10. The van der Waals surface area contributed by atoms with E-state index >= 15 is 0 Å². The molecule has 2 rings (SSSR count). The Morgan fingerprint density at radius 1 is 1.04 bits per heavy atom. The van der Waals surface area contributed by atoms with Crippen molar-refractivity contribution < 1.29 is 9.53 Å². The second-order valence-electron chi connectivity index (χ2n) is 5.20. The van der Waals surface area contributed by atoms with Crippen LogP contribution < -0.4 is 10.7 Å². The fraction of sp³-hybridized carbons (Fsp3) is 0.167. The van der Waals surface area contributed by atoms with Gasteiger partial charge in [0.05, 0.1) is 18.4 Å². The monoisotopic (exact) mass is 341 g/mol. The van der Waals surface area contributed by atoms with E-state index in [-0.39, 0.29) is 5.97 Å². The number of methoxy groups -OCH3 is 1. The third kappa shape index (κ3) is 4.89. The molecule has 124 valence electrons. The van der Waals surface area contributed by atoms with Crippen LogP contribution in [0.1, 0.15) is 28.4 Å². The van der Waals surface area contributed by atoms with Crippen LogP contribution in [0.2, 0.25) is 0 Å². The highest BCUT2D eigenvalue weighted by Gasteiger charge is 2.05. The van der Waals surface area contributed by atoms with E-state index in [2.05, 4.69) is 20.6 Å². The fourth-order valence-corrected chi connectivity index (χ4v) is 2.12. The predicted molar refractivity (Wildman–Crippen MR) is 101 cm³/mol. The van der Waals surface area contributed by atoms with E-state index < -0.39 is 0 Å². The zero-order chi connectivity index (χ0) is 17.5. The summed E-state index contributed by atoms with van der Waals surface area (Å²) in [5.74, 6) is -0.374. The number of ether oxygens (including phenoxy) is 1. The van der Waals surface area contributed by atoms with Crippen LogP contribution in [0.25, 0.3) is 0 Å². The smallest absolute Gasteiger partial charge is 0.337 e. The Bertz CT molecular complexity index is 753. The minimum absolute atomic E-state index is 0.368. The molecule has 0 aliphatic carbocycles. The maximum Gasteiger partial charge on any atom is 0.337 e. The van der Waals surface area contributed by atoms with E-state index in [1.165, 1.54) is 12.7 Å². The number of rotatable bonds is 4. The molecule has 0 heterocycles. The van der Waals surface area contributed by atoms with Gasteiger partial charge >= 0.3 is 5.97 Å². The third-order valence-electron chi connectivity index (χ3n) is 3.36. The lowest BCUT2D eigenvalue weighted by Gasteiger charge is -2.09. The van der Waals surface area contributed by atoms with Crippen LogP contribution in [-0.2, 0) is 4.74 Å². The molecule has 0 atom stereocenters. The van der Waals surface area contributed by atoms with Gasteiger partial charge in [-0.3, -0.25) is 5.43 Å². The molecule has 0 aliphatic rings. The molecule has 0 aromatic heterocycles. The second-order valence-corrected chi connectivity index (χ2v) is 5.61. The number of carbonyl (C=O) groups is 1. The normalized spacial score (nSPS) is 10.9. The molecule has 0 fully saturated rings. The number of nitrogens with one attached hydrogen (secondary N) is 2. The van der Waals surface area contributed by atoms with Crippen molar-refractivity contribution in [3.8, 4) is 0 Å². The summed E-state index contributed by atoms with van der Waals surface area (Å²) in [6.07, 6.45) is 0. The topological polar surface area (TPSA) is 62.7 Å². The van der Waals surface area contributed by atoms with Gasteiger partial charge in [0.2, 0.25) is 0 Å². The summed E-state index contributed by atoms with van der Waals surface area (Å²) >= 11 is 5.21. The van der Waals surface area contributed by atoms with Crippen LogP contribution in [0, 0.1) is 6.92 Å². The summed E-state index contributed by atoms with van der Waals surface area (Å²) in [4.78, 5) is 11.4. The van der Waals surface area contributed by atoms with E-state index in [1.54, 1.807) is 24.3 Å². The molecule has 0 unspecified atom stereocenters. The highest BCUT2D eigenvalue weighted by molar-refractivity contribution is 7.80. The molecule has 0 spiro atoms. The van der Waals surface area contributed by atoms with Crippen LogP contribution >= 0.6 is 12.2 Å². The van der Waals surface area contributed by atoms with E-state index in [1.807, 2.05) is 38.1 Å². The minimum Gasteiger partial charge on any atom is -0.465 e. The highest BCUT2D eigenvalue weighted by Crippen LogP contribution is 2.10. The van der Waals surface area contributed by atoms with Crippen LogP contribution in [0.3, 0.4) is 0 Å². The first-order valence-corrected chi connectivity index (χ1v) is 7.77. The maximum atomic E-state index is 11.4. The molecule has 0 saturated heterocycles. The molecular formula is C18H19N3O2S. The van der Waals surface area contributed by atoms with Gasteiger partial charge in [-0.2, -0.15) is 5.10 Å². The van der Waals surface area contributed by atoms with Crippen LogP contribution in [0.4, 0.5) is 5.69 Å². The number of esters is 1. The van der Waals surface area contributed by atoms with Gasteiger partial charge in [-0.1, -0.05) is 29.8 Å². The van der Waals surface area contributed by atoms with Crippen LogP contribution in [0.5, 0.6) is 0 Å². The number of carbonyl (C=O) groups excluding carboxylic acids is 1. The van der Waals surface area contributed by atoms with Crippen molar-refractivity contribution >= 4 is 34.7 Å². The Morgan fingerprint density at radius 2 is 1.62 bits per heavy atom. The molecule has 6 heteroatoms. The average molecular weight is 341 g/mol. The van der Waals surface area contributed by atoms with Gasteiger partial charge in [0.15, 0.2) is 5.11 Å². The van der Waals surface area contributed by atoms with Crippen molar-refractivity contribution in [1.82, 2.24) is 5.43 Å². The lowest BCUT2D eigenvalue weighted by atomic mass is 10.1. The molecule has 0 radical (unpaired) electrons. The molecule has 0 amide bonds. The Labute approximate surface area is 146 Å². The van der Waals surface area contributed by atoms with Gasteiger partial charge < -0.3 is 10.1 Å². The molecule has 2 N–H and O–H groups in total. The van der Waals surface area contributed by atoms with E-state index in [9.17, 15) is 4.79 Å². The number of hydrogen-bond acceptors (Lipinski definition) is 4. The van der Waals surface area contributed by atoms with E-state index in [0.717, 1.165) is 17.0 Å². The van der Waals surface area contributed by atoms with E-state index in [4.69, 9.17) is 12.2 Å². The Kier molecular flexibility index (Phi) is 6.03. The SMILES string of the molecule is COC(=O)c1ccc(NC(=S)N/N=C(\C)c2ccc(C)cc2)cc1. The predicted octanol–water partition coefficient (Wildman–Crippen LogP) is 3.49. The lowest BCUT2D eigenvalue weighted by Crippen LogP contribution is -2.25. The van der Waals surface area contributed by atoms with Gasteiger partial charge in [-0.25, -0.2) is 4.79 Å². The maximum absolute atomic E-state index is 11.4. The molecule has 2 aromatic carbocycles. The van der Waals surface area contributed by atoms with Crippen molar-refractivity contribution in [3.05, 3.63) is 65.2 Å². The van der Waals surface area contributed by atoms with Crippen molar-refractivity contribution in [2.45, 2.75) is 13.8 Å². The third-order valence-corrected chi connectivity index (χ3v) is 3.55. The molecule has 24 heavy (non-hydrogen) atoms. The number of benzene rings is 2. The molecule has 0 aliphatic heterocycles. The molecule has 0 bridgehead atoms. The lowest BCUT2D eigenvalue weighted by molar-refractivity contribution is 0.0601. The first-order valence-electron chi connectivity index (χ1n) is 7.36. The van der Waals surface area contributed by atoms with Crippen LogP contribution in [-0.4, -0.2) is 23.9 Å². The van der Waals surface area contributed by atoms with Gasteiger partial charge in [0, 0.05) is 5.69 Å². The number of hydrazone groups is 1.